The number of benzene rings is 1. The molecule has 0 aromatic heterocycles. The molecule has 0 radical (unpaired) electrons. The van der Waals surface area contributed by atoms with Crippen molar-refractivity contribution in [2.75, 3.05) is 6.54 Å². The van der Waals surface area contributed by atoms with Crippen molar-refractivity contribution in [3.63, 3.8) is 0 Å². The molecule has 2 atom stereocenters. The Kier molecular flexibility index (Phi) is 6.52. The Bertz CT molecular complexity index is 439. The lowest BCUT2D eigenvalue weighted by Crippen LogP contribution is -2.54. The van der Waals surface area contributed by atoms with Crippen molar-refractivity contribution in [3.8, 4) is 0 Å². The smallest absolute Gasteiger partial charge is 0.247 e. The average molecular weight is 286 g/mol. The highest BCUT2D eigenvalue weighted by Gasteiger charge is 2.35. The zero-order valence-corrected chi connectivity index (χ0v) is 11.9. The average Bonchev–Trinajstić information content (AvgIpc) is 2.38. The number of nitrogens with one attached hydrogen (secondary N) is 1. The van der Waals surface area contributed by atoms with Crippen LogP contribution >= 0.6 is 12.4 Å². The molecular weight excluding hydrogens is 266 g/mol. The molecule has 1 aromatic rings. The Morgan fingerprint density at radius 1 is 1.32 bits per heavy atom. The molecule has 0 bridgehead atoms. The lowest BCUT2D eigenvalue weighted by molar-refractivity contribution is -0.133. The highest BCUT2D eigenvalue weighted by atomic mass is 35.5. The van der Waals surface area contributed by atoms with E-state index in [-0.39, 0.29) is 30.8 Å². The molecule has 1 rings (SSSR count). The number of halogens is 1. The summed E-state index contributed by atoms with van der Waals surface area (Å²) in [7, 11) is 0. The number of amides is 2. The van der Waals surface area contributed by atoms with Gasteiger partial charge >= 0.3 is 0 Å². The molecule has 6 heteroatoms. The number of carbonyl (C=O) groups is 2. The third-order valence-corrected chi connectivity index (χ3v) is 3.02. The topological polar surface area (TPSA) is 98.2 Å². The molecule has 1 aromatic carbocycles. The van der Waals surface area contributed by atoms with Gasteiger partial charge in [0.25, 0.3) is 0 Å². The Balaban J connectivity index is 0.00000324. The van der Waals surface area contributed by atoms with Crippen LogP contribution in [0.5, 0.6) is 0 Å². The van der Waals surface area contributed by atoms with Gasteiger partial charge in [0.2, 0.25) is 11.8 Å². The molecule has 0 aliphatic carbocycles. The van der Waals surface area contributed by atoms with Crippen LogP contribution in [0, 0.1) is 5.92 Å². The van der Waals surface area contributed by atoms with Crippen LogP contribution in [0.3, 0.4) is 0 Å². The molecule has 2 amide bonds. The highest BCUT2D eigenvalue weighted by molar-refractivity contribution is 5.91. The van der Waals surface area contributed by atoms with E-state index >= 15 is 0 Å². The van der Waals surface area contributed by atoms with E-state index in [1.807, 2.05) is 6.07 Å². The molecular formula is C13H20ClN3O2. The zero-order valence-electron chi connectivity index (χ0n) is 11.1. The van der Waals surface area contributed by atoms with Crippen molar-refractivity contribution in [3.05, 3.63) is 35.9 Å². The largest absolute Gasteiger partial charge is 0.367 e. The minimum Gasteiger partial charge on any atom is -0.367 e. The first-order valence-corrected chi connectivity index (χ1v) is 5.79. The van der Waals surface area contributed by atoms with Crippen LogP contribution in [-0.4, -0.2) is 18.4 Å². The van der Waals surface area contributed by atoms with Gasteiger partial charge in [0.1, 0.15) is 5.54 Å². The Labute approximate surface area is 119 Å². The summed E-state index contributed by atoms with van der Waals surface area (Å²) in [5.74, 6) is -1.26. The van der Waals surface area contributed by atoms with E-state index in [2.05, 4.69) is 5.32 Å². The summed E-state index contributed by atoms with van der Waals surface area (Å²) >= 11 is 0. The Morgan fingerprint density at radius 3 is 2.26 bits per heavy atom. The van der Waals surface area contributed by atoms with Crippen molar-refractivity contribution in [1.82, 2.24) is 5.32 Å². The standard InChI is InChI=1S/C13H19N3O2.ClH/c1-9(8-14)11(17)16-13(2,12(15)18)10-6-4-3-5-7-10;/h3-7,9H,8,14H2,1-2H3,(H2,15,18)(H,16,17);1H. The van der Waals surface area contributed by atoms with Gasteiger partial charge in [-0.2, -0.15) is 0 Å². The van der Waals surface area contributed by atoms with Gasteiger partial charge in [-0.15, -0.1) is 12.4 Å². The van der Waals surface area contributed by atoms with Gasteiger partial charge in [0.15, 0.2) is 0 Å². The fraction of sp³-hybridized carbons (Fsp3) is 0.385. The predicted molar refractivity (Wildman–Crippen MR) is 76.6 cm³/mol. The van der Waals surface area contributed by atoms with Crippen LogP contribution in [0.1, 0.15) is 19.4 Å². The number of primary amides is 1. The summed E-state index contributed by atoms with van der Waals surface area (Å²) in [5, 5.41) is 2.67. The molecule has 0 heterocycles. The lowest BCUT2D eigenvalue weighted by atomic mass is 9.90. The third kappa shape index (κ3) is 3.94. The van der Waals surface area contributed by atoms with Crippen LogP contribution in [0.2, 0.25) is 0 Å². The van der Waals surface area contributed by atoms with Crippen LogP contribution in [-0.2, 0) is 15.1 Å². The highest BCUT2D eigenvalue weighted by Crippen LogP contribution is 2.20. The van der Waals surface area contributed by atoms with Crippen LogP contribution < -0.4 is 16.8 Å². The molecule has 106 valence electrons. The fourth-order valence-corrected chi connectivity index (χ4v) is 1.52. The van der Waals surface area contributed by atoms with E-state index in [0.29, 0.717) is 5.56 Å². The van der Waals surface area contributed by atoms with Crippen molar-refractivity contribution < 1.29 is 9.59 Å². The van der Waals surface area contributed by atoms with Gasteiger partial charge in [0, 0.05) is 12.5 Å². The van der Waals surface area contributed by atoms with E-state index in [1.54, 1.807) is 38.1 Å². The van der Waals surface area contributed by atoms with E-state index in [1.165, 1.54) is 0 Å². The molecule has 0 aliphatic rings. The van der Waals surface area contributed by atoms with Crippen molar-refractivity contribution >= 4 is 24.2 Å². The summed E-state index contributed by atoms with van der Waals surface area (Å²) in [5.41, 5.74) is 10.3. The predicted octanol–water partition coefficient (Wildman–Crippen LogP) is 0.520. The second-order valence-electron chi connectivity index (χ2n) is 4.48. The summed E-state index contributed by atoms with van der Waals surface area (Å²) in [6.07, 6.45) is 0. The van der Waals surface area contributed by atoms with Gasteiger partial charge in [-0.05, 0) is 12.5 Å². The van der Waals surface area contributed by atoms with Gasteiger partial charge in [-0.25, -0.2) is 0 Å². The SMILES string of the molecule is CC(CN)C(=O)NC(C)(C(N)=O)c1ccccc1.Cl. The Hall–Kier alpha value is -1.59. The minimum atomic E-state index is -1.22. The minimum absolute atomic E-state index is 0. The number of hydrogen-bond donors (Lipinski definition) is 3. The molecule has 0 saturated carbocycles. The molecule has 0 spiro atoms. The van der Waals surface area contributed by atoms with E-state index in [4.69, 9.17) is 11.5 Å². The summed E-state index contributed by atoms with van der Waals surface area (Å²) in [6, 6.07) is 8.90. The maximum Gasteiger partial charge on any atom is 0.247 e. The van der Waals surface area contributed by atoms with Crippen LogP contribution in [0.4, 0.5) is 0 Å². The van der Waals surface area contributed by atoms with Crippen molar-refractivity contribution in [1.29, 1.82) is 0 Å². The first-order valence-electron chi connectivity index (χ1n) is 5.79. The maximum atomic E-state index is 11.9. The van der Waals surface area contributed by atoms with Gasteiger partial charge in [-0.1, -0.05) is 37.3 Å². The van der Waals surface area contributed by atoms with Gasteiger partial charge in [0.05, 0.1) is 0 Å². The van der Waals surface area contributed by atoms with Gasteiger partial charge < -0.3 is 16.8 Å². The molecule has 5 N–H and O–H groups in total. The number of hydrogen-bond acceptors (Lipinski definition) is 3. The molecule has 5 nitrogen and oxygen atoms in total. The molecule has 0 fully saturated rings. The van der Waals surface area contributed by atoms with Crippen molar-refractivity contribution in [2.24, 2.45) is 17.4 Å². The monoisotopic (exact) mass is 285 g/mol. The molecule has 0 saturated heterocycles. The van der Waals surface area contributed by atoms with Crippen LogP contribution in [0.15, 0.2) is 30.3 Å². The first kappa shape index (κ1) is 17.4. The Morgan fingerprint density at radius 2 is 1.84 bits per heavy atom. The number of carbonyl (C=O) groups excluding carboxylic acids is 2. The first-order chi connectivity index (χ1) is 8.41. The summed E-state index contributed by atoms with van der Waals surface area (Å²) in [6.45, 7) is 3.50. The quantitative estimate of drug-likeness (QED) is 0.735. The van der Waals surface area contributed by atoms with E-state index in [9.17, 15) is 9.59 Å². The van der Waals surface area contributed by atoms with Crippen LogP contribution in [0.25, 0.3) is 0 Å². The maximum absolute atomic E-state index is 11.9. The summed E-state index contributed by atoms with van der Waals surface area (Å²) < 4.78 is 0. The zero-order chi connectivity index (χ0) is 13.8. The van der Waals surface area contributed by atoms with Crippen molar-refractivity contribution in [2.45, 2.75) is 19.4 Å². The lowest BCUT2D eigenvalue weighted by Gasteiger charge is -2.29. The van der Waals surface area contributed by atoms with E-state index < -0.39 is 11.4 Å². The van der Waals surface area contributed by atoms with Gasteiger partial charge in [-0.3, -0.25) is 9.59 Å². The van der Waals surface area contributed by atoms with E-state index in [0.717, 1.165) is 0 Å². The molecule has 2 unspecified atom stereocenters. The fourth-order valence-electron chi connectivity index (χ4n) is 1.52. The third-order valence-electron chi connectivity index (χ3n) is 3.02. The second-order valence-corrected chi connectivity index (χ2v) is 4.48. The number of rotatable bonds is 5. The second kappa shape index (κ2) is 7.11. The summed E-state index contributed by atoms with van der Waals surface area (Å²) in [4.78, 5) is 23.5. The molecule has 19 heavy (non-hydrogen) atoms. The normalized spacial score (nSPS) is 14.7. The number of nitrogens with two attached hydrogens (primary N) is 2. The molecule has 0 aliphatic heterocycles.